The summed E-state index contributed by atoms with van der Waals surface area (Å²) in [6.07, 6.45) is 1.56. The zero-order valence-corrected chi connectivity index (χ0v) is 14.9. The third-order valence-corrected chi connectivity index (χ3v) is 4.19. The van der Waals surface area contributed by atoms with Gasteiger partial charge in [-0.15, -0.1) is 0 Å². The number of carbonyl (C=O) groups is 1. The number of rotatable bonds is 4. The minimum Gasteiger partial charge on any atom is -0.454 e. The van der Waals surface area contributed by atoms with Crippen LogP contribution in [0.5, 0.6) is 23.1 Å². The van der Waals surface area contributed by atoms with Crippen LogP contribution in [0.1, 0.15) is 21.5 Å². The molecule has 0 aliphatic carbocycles. The number of hydrogen-bond donors (Lipinski definition) is 1. The zero-order valence-electron chi connectivity index (χ0n) is 14.9. The van der Waals surface area contributed by atoms with Gasteiger partial charge in [0.05, 0.1) is 0 Å². The molecule has 0 spiro atoms. The van der Waals surface area contributed by atoms with E-state index in [1.54, 1.807) is 54.7 Å². The van der Waals surface area contributed by atoms with E-state index in [1.807, 2.05) is 13.0 Å². The summed E-state index contributed by atoms with van der Waals surface area (Å²) >= 11 is 0. The molecule has 3 aromatic rings. The van der Waals surface area contributed by atoms with Gasteiger partial charge in [0, 0.05) is 17.4 Å². The lowest BCUT2D eigenvalue weighted by Gasteiger charge is -2.11. The van der Waals surface area contributed by atoms with Gasteiger partial charge in [-0.1, -0.05) is 0 Å². The minimum atomic E-state index is -0.258. The summed E-state index contributed by atoms with van der Waals surface area (Å²) in [7, 11) is 0. The van der Waals surface area contributed by atoms with Crippen molar-refractivity contribution >= 4 is 11.6 Å². The van der Waals surface area contributed by atoms with Gasteiger partial charge in [0.2, 0.25) is 12.7 Å². The van der Waals surface area contributed by atoms with Crippen molar-refractivity contribution in [3.05, 3.63) is 71.4 Å². The molecule has 7 heteroatoms. The maximum atomic E-state index is 12.5. The van der Waals surface area contributed by atoms with Crippen molar-refractivity contribution in [2.75, 3.05) is 12.1 Å². The molecule has 2 heterocycles. The Balaban J connectivity index is 1.50. The topological polar surface area (TPSA) is 93.5 Å². The number of anilines is 1. The summed E-state index contributed by atoms with van der Waals surface area (Å²) in [6, 6.07) is 15.6. The predicted octanol–water partition coefficient (Wildman–Crippen LogP) is 4.04. The Hall–Kier alpha value is -4.05. The van der Waals surface area contributed by atoms with Crippen LogP contribution in [0, 0.1) is 18.3 Å². The van der Waals surface area contributed by atoms with E-state index in [0.717, 1.165) is 5.56 Å². The van der Waals surface area contributed by atoms with Gasteiger partial charge in [-0.2, -0.15) is 5.26 Å². The molecule has 0 unspecified atom stereocenters. The molecule has 1 aliphatic rings. The van der Waals surface area contributed by atoms with Crippen LogP contribution in [0.15, 0.2) is 54.7 Å². The molecular weight excluding hydrogens is 358 g/mol. The Morgan fingerprint density at radius 2 is 2.04 bits per heavy atom. The molecule has 0 radical (unpaired) electrons. The first-order chi connectivity index (χ1) is 13.6. The maximum absolute atomic E-state index is 12.5. The quantitative estimate of drug-likeness (QED) is 0.742. The fourth-order valence-corrected chi connectivity index (χ4v) is 2.74. The Labute approximate surface area is 161 Å². The smallest absolute Gasteiger partial charge is 0.255 e. The first kappa shape index (κ1) is 17.4. The molecular formula is C21H15N3O4. The summed E-state index contributed by atoms with van der Waals surface area (Å²) < 4.78 is 16.3. The van der Waals surface area contributed by atoms with Gasteiger partial charge in [0.25, 0.3) is 5.91 Å². The Kier molecular flexibility index (Phi) is 4.52. The Bertz CT molecular complexity index is 1110. The van der Waals surface area contributed by atoms with Crippen LogP contribution in [-0.4, -0.2) is 17.7 Å². The van der Waals surface area contributed by atoms with Crippen molar-refractivity contribution in [3.8, 4) is 29.2 Å². The number of pyridine rings is 1. The van der Waals surface area contributed by atoms with Crippen molar-refractivity contribution in [2.24, 2.45) is 0 Å². The zero-order chi connectivity index (χ0) is 19.5. The number of amides is 1. The van der Waals surface area contributed by atoms with Crippen LogP contribution in [0.2, 0.25) is 0 Å². The van der Waals surface area contributed by atoms with Crippen molar-refractivity contribution < 1.29 is 19.0 Å². The maximum Gasteiger partial charge on any atom is 0.255 e. The predicted molar refractivity (Wildman–Crippen MR) is 101 cm³/mol. The largest absolute Gasteiger partial charge is 0.454 e. The molecule has 0 atom stereocenters. The van der Waals surface area contributed by atoms with Crippen LogP contribution in [0.25, 0.3) is 0 Å². The highest BCUT2D eigenvalue weighted by atomic mass is 16.7. The first-order valence-electron chi connectivity index (χ1n) is 8.48. The van der Waals surface area contributed by atoms with Crippen molar-refractivity contribution in [1.29, 1.82) is 5.26 Å². The van der Waals surface area contributed by atoms with Crippen LogP contribution >= 0.6 is 0 Å². The number of fused-ring (bicyclic) bond motifs is 1. The average molecular weight is 373 g/mol. The highest BCUT2D eigenvalue weighted by molar-refractivity contribution is 6.05. The number of benzene rings is 2. The molecule has 2 aromatic carbocycles. The number of hydrogen-bond acceptors (Lipinski definition) is 6. The Morgan fingerprint density at radius 1 is 1.18 bits per heavy atom. The van der Waals surface area contributed by atoms with E-state index in [1.165, 1.54) is 0 Å². The van der Waals surface area contributed by atoms with Gasteiger partial charge in [-0.3, -0.25) is 4.79 Å². The summed E-state index contributed by atoms with van der Waals surface area (Å²) in [6.45, 7) is 2.01. The second kappa shape index (κ2) is 7.29. The lowest BCUT2D eigenvalue weighted by atomic mass is 10.1. The second-order valence-electron chi connectivity index (χ2n) is 6.07. The van der Waals surface area contributed by atoms with Gasteiger partial charge in [-0.25, -0.2) is 4.98 Å². The van der Waals surface area contributed by atoms with Crippen molar-refractivity contribution in [1.82, 2.24) is 4.98 Å². The van der Waals surface area contributed by atoms with E-state index < -0.39 is 0 Å². The molecule has 1 amide bonds. The molecule has 0 fully saturated rings. The third kappa shape index (κ3) is 3.44. The van der Waals surface area contributed by atoms with E-state index in [4.69, 9.17) is 19.5 Å². The van der Waals surface area contributed by atoms with Gasteiger partial charge in [0.15, 0.2) is 11.5 Å². The Morgan fingerprint density at radius 3 is 2.86 bits per heavy atom. The molecule has 0 saturated carbocycles. The summed E-state index contributed by atoms with van der Waals surface area (Å²) in [5.74, 6) is 1.68. The normalized spacial score (nSPS) is 11.6. The van der Waals surface area contributed by atoms with Gasteiger partial charge in [-0.05, 0) is 61.0 Å². The summed E-state index contributed by atoms with van der Waals surface area (Å²) in [5.41, 5.74) is 2.27. The van der Waals surface area contributed by atoms with E-state index in [2.05, 4.69) is 10.3 Å². The number of aromatic nitrogens is 1. The lowest BCUT2D eigenvalue weighted by molar-refractivity contribution is 0.102. The molecule has 138 valence electrons. The number of aryl methyl sites for hydroxylation is 1. The van der Waals surface area contributed by atoms with Crippen molar-refractivity contribution in [3.63, 3.8) is 0 Å². The van der Waals surface area contributed by atoms with Crippen molar-refractivity contribution in [2.45, 2.75) is 6.92 Å². The summed E-state index contributed by atoms with van der Waals surface area (Å²) in [5, 5.41) is 12.0. The molecule has 1 aliphatic heterocycles. The lowest BCUT2D eigenvalue weighted by Crippen LogP contribution is -2.12. The molecule has 4 rings (SSSR count). The minimum absolute atomic E-state index is 0.158. The van der Waals surface area contributed by atoms with Crippen LogP contribution in [0.4, 0.5) is 5.69 Å². The highest BCUT2D eigenvalue weighted by Gasteiger charge is 2.17. The van der Waals surface area contributed by atoms with Gasteiger partial charge in [0.1, 0.15) is 17.4 Å². The van der Waals surface area contributed by atoms with E-state index in [0.29, 0.717) is 34.1 Å². The molecule has 1 N–H and O–H groups in total. The summed E-state index contributed by atoms with van der Waals surface area (Å²) in [4.78, 5) is 16.6. The first-order valence-corrected chi connectivity index (χ1v) is 8.48. The molecule has 0 saturated heterocycles. The average Bonchev–Trinajstić information content (AvgIpc) is 3.18. The second-order valence-corrected chi connectivity index (χ2v) is 6.07. The van der Waals surface area contributed by atoms with Crippen LogP contribution in [0.3, 0.4) is 0 Å². The number of carbonyl (C=O) groups excluding carboxylic acids is 1. The third-order valence-electron chi connectivity index (χ3n) is 4.19. The molecule has 1 aromatic heterocycles. The standard InChI is InChI=1S/C21H15N3O4/c1-13-9-16(28-21-15(11-22)3-2-8-23-21)5-6-17(13)24-20(25)14-4-7-18-19(10-14)27-12-26-18/h2-10H,12H2,1H3,(H,24,25). The number of nitriles is 1. The van der Waals surface area contributed by atoms with E-state index in [9.17, 15) is 4.79 Å². The fourth-order valence-electron chi connectivity index (χ4n) is 2.74. The highest BCUT2D eigenvalue weighted by Crippen LogP contribution is 2.33. The molecule has 7 nitrogen and oxygen atoms in total. The van der Waals surface area contributed by atoms with E-state index >= 15 is 0 Å². The number of nitrogens with one attached hydrogen (secondary N) is 1. The SMILES string of the molecule is Cc1cc(Oc2ncccc2C#N)ccc1NC(=O)c1ccc2c(c1)OCO2. The molecule has 0 bridgehead atoms. The molecule has 28 heavy (non-hydrogen) atoms. The van der Waals surface area contributed by atoms with Gasteiger partial charge < -0.3 is 19.5 Å². The van der Waals surface area contributed by atoms with Gasteiger partial charge >= 0.3 is 0 Å². The monoisotopic (exact) mass is 373 g/mol. The van der Waals surface area contributed by atoms with E-state index in [-0.39, 0.29) is 18.6 Å². The fraction of sp³-hybridized carbons (Fsp3) is 0.0952. The number of ether oxygens (including phenoxy) is 3. The van der Waals surface area contributed by atoms with Crippen LogP contribution in [-0.2, 0) is 0 Å². The van der Waals surface area contributed by atoms with Crippen LogP contribution < -0.4 is 19.5 Å². The number of nitrogens with zero attached hydrogens (tertiary/aromatic N) is 2.